The van der Waals surface area contributed by atoms with Crippen molar-refractivity contribution in [1.82, 2.24) is 9.88 Å². The molecule has 1 aromatic heterocycles. The third-order valence-corrected chi connectivity index (χ3v) is 7.68. The van der Waals surface area contributed by atoms with E-state index < -0.39 is 64.5 Å². The lowest BCUT2D eigenvalue weighted by atomic mass is 9.89. The number of thiocarbonyl (C=S) groups is 1. The van der Waals surface area contributed by atoms with Crippen molar-refractivity contribution in [2.75, 3.05) is 5.32 Å². The van der Waals surface area contributed by atoms with Gasteiger partial charge in [-0.15, -0.1) is 0 Å². The number of anilines is 1. The summed E-state index contributed by atoms with van der Waals surface area (Å²) in [6.07, 6.45) is -7.93. The maximum Gasteiger partial charge on any atom is 0.416 e. The van der Waals surface area contributed by atoms with E-state index in [0.29, 0.717) is 61.3 Å². The minimum atomic E-state index is -5.06. The smallest absolute Gasteiger partial charge is 0.358 e. The molecule has 1 aliphatic carbocycles. The molecular formula is C31H23F10N3S. The summed E-state index contributed by atoms with van der Waals surface area (Å²) in [5, 5.41) is 5.11. The van der Waals surface area contributed by atoms with Gasteiger partial charge in [0.15, 0.2) is 5.11 Å². The molecular weight excluding hydrogens is 636 g/mol. The summed E-state index contributed by atoms with van der Waals surface area (Å²) in [7, 11) is 0. The van der Waals surface area contributed by atoms with Gasteiger partial charge in [0.2, 0.25) is 0 Å². The van der Waals surface area contributed by atoms with Gasteiger partial charge in [-0.1, -0.05) is 12.8 Å². The summed E-state index contributed by atoms with van der Waals surface area (Å²) in [6.45, 7) is 0. The zero-order valence-electron chi connectivity index (χ0n) is 23.0. The van der Waals surface area contributed by atoms with Gasteiger partial charge in [-0.05, 0) is 79.7 Å². The van der Waals surface area contributed by atoms with E-state index in [0.717, 1.165) is 24.3 Å². The number of hydrogen-bond donors (Lipinski definition) is 2. The van der Waals surface area contributed by atoms with Gasteiger partial charge in [0.25, 0.3) is 0 Å². The first-order valence-electron chi connectivity index (χ1n) is 13.6. The second-order valence-corrected chi connectivity index (χ2v) is 11.0. The number of rotatable bonds is 5. The second-order valence-electron chi connectivity index (χ2n) is 10.6. The standard InChI is InChI=1S/C31H23F10N3S/c32-20-7-16(8-21(33)14-20)26-5-6-27(17-9-22(34)15-23(35)10-17)44(26)28-4-2-1-3-25(28)43-29(45)42-24-12-18(30(36,37)38)11-19(13-24)31(39,40)41/h5-15,25,28H,1-4H2,(H2,42,43,45)/t25-,28-/m1/s1. The summed E-state index contributed by atoms with van der Waals surface area (Å²) in [4.78, 5) is 0. The number of nitrogens with one attached hydrogen (secondary N) is 2. The number of aromatic nitrogens is 1. The molecule has 0 aliphatic heterocycles. The third-order valence-electron chi connectivity index (χ3n) is 7.46. The van der Waals surface area contributed by atoms with Crippen LogP contribution in [0, 0.1) is 23.3 Å². The van der Waals surface area contributed by atoms with E-state index in [-0.39, 0.29) is 22.3 Å². The Hall–Kier alpha value is -4.07. The zero-order valence-corrected chi connectivity index (χ0v) is 23.8. The Labute approximate surface area is 255 Å². The van der Waals surface area contributed by atoms with Crippen LogP contribution in [0.3, 0.4) is 0 Å². The molecule has 3 nitrogen and oxygen atoms in total. The molecule has 0 radical (unpaired) electrons. The maximum absolute atomic E-state index is 14.3. The molecule has 14 heteroatoms. The van der Waals surface area contributed by atoms with Crippen LogP contribution < -0.4 is 10.6 Å². The number of alkyl halides is 6. The Kier molecular flexibility index (Phi) is 8.89. The van der Waals surface area contributed by atoms with Crippen LogP contribution in [0.2, 0.25) is 0 Å². The van der Waals surface area contributed by atoms with Gasteiger partial charge in [0.05, 0.1) is 17.2 Å². The Morgan fingerprint density at radius 3 is 1.53 bits per heavy atom. The first-order chi connectivity index (χ1) is 21.1. The van der Waals surface area contributed by atoms with E-state index >= 15 is 0 Å². The van der Waals surface area contributed by atoms with Crippen molar-refractivity contribution in [3.8, 4) is 22.5 Å². The molecule has 2 atom stereocenters. The normalized spacial score (nSPS) is 17.3. The molecule has 1 heterocycles. The third kappa shape index (κ3) is 7.43. The summed E-state index contributed by atoms with van der Waals surface area (Å²) >= 11 is 5.30. The Bertz CT molecular complexity index is 1590. The maximum atomic E-state index is 14.3. The molecule has 238 valence electrons. The molecule has 2 N–H and O–H groups in total. The number of benzene rings is 3. The molecule has 5 rings (SSSR count). The quantitative estimate of drug-likeness (QED) is 0.165. The molecule has 0 saturated heterocycles. The van der Waals surface area contributed by atoms with Crippen LogP contribution in [-0.2, 0) is 12.4 Å². The fraction of sp³-hybridized carbons (Fsp3) is 0.258. The summed E-state index contributed by atoms with van der Waals surface area (Å²) in [5.41, 5.74) is -2.73. The average molecular weight is 660 g/mol. The van der Waals surface area contributed by atoms with E-state index in [1.807, 2.05) is 0 Å². The fourth-order valence-corrected chi connectivity index (χ4v) is 5.90. The Balaban J connectivity index is 1.53. The lowest BCUT2D eigenvalue weighted by Crippen LogP contribution is -2.45. The zero-order chi connectivity index (χ0) is 32.7. The molecule has 0 unspecified atom stereocenters. The molecule has 1 aliphatic rings. The molecule has 1 fully saturated rings. The topological polar surface area (TPSA) is 29.0 Å². The van der Waals surface area contributed by atoms with Crippen molar-refractivity contribution in [1.29, 1.82) is 0 Å². The average Bonchev–Trinajstić information content (AvgIpc) is 3.36. The molecule has 1 saturated carbocycles. The van der Waals surface area contributed by atoms with Gasteiger partial charge in [-0.25, -0.2) is 17.6 Å². The van der Waals surface area contributed by atoms with Crippen LogP contribution in [-0.4, -0.2) is 15.7 Å². The minimum Gasteiger partial charge on any atom is -0.358 e. The molecule has 4 aromatic rings. The molecule has 0 bridgehead atoms. The lowest BCUT2D eigenvalue weighted by Gasteiger charge is -2.36. The first kappa shape index (κ1) is 32.3. The minimum absolute atomic E-state index is 0.00156. The van der Waals surface area contributed by atoms with E-state index in [9.17, 15) is 43.9 Å². The Morgan fingerprint density at radius 2 is 1.09 bits per heavy atom. The molecule has 45 heavy (non-hydrogen) atoms. The summed E-state index contributed by atoms with van der Waals surface area (Å²) in [6, 6.07) is 8.63. The van der Waals surface area contributed by atoms with Gasteiger partial charge >= 0.3 is 12.4 Å². The van der Waals surface area contributed by atoms with Crippen molar-refractivity contribution >= 4 is 23.0 Å². The van der Waals surface area contributed by atoms with Gasteiger partial charge < -0.3 is 15.2 Å². The van der Waals surface area contributed by atoms with Gasteiger partial charge in [-0.2, -0.15) is 26.3 Å². The number of hydrogen-bond acceptors (Lipinski definition) is 1. The van der Waals surface area contributed by atoms with Gasteiger partial charge in [0.1, 0.15) is 23.3 Å². The van der Waals surface area contributed by atoms with Crippen LogP contribution in [0.1, 0.15) is 42.9 Å². The summed E-state index contributed by atoms with van der Waals surface area (Å²) in [5.74, 6) is -3.45. The van der Waals surface area contributed by atoms with Crippen molar-refractivity contribution in [3.63, 3.8) is 0 Å². The number of nitrogens with zero attached hydrogens (tertiary/aromatic N) is 1. The van der Waals surface area contributed by atoms with Gasteiger partial charge in [0, 0.05) is 46.4 Å². The van der Waals surface area contributed by atoms with Crippen LogP contribution in [0.15, 0.2) is 66.7 Å². The highest BCUT2D eigenvalue weighted by Crippen LogP contribution is 2.40. The van der Waals surface area contributed by atoms with Gasteiger partial charge in [-0.3, -0.25) is 0 Å². The van der Waals surface area contributed by atoms with E-state index in [1.165, 1.54) is 12.1 Å². The molecule has 0 spiro atoms. The molecule has 0 amide bonds. The highest BCUT2D eigenvalue weighted by molar-refractivity contribution is 7.80. The monoisotopic (exact) mass is 659 g/mol. The first-order valence-corrected chi connectivity index (χ1v) is 14.0. The van der Waals surface area contributed by atoms with Crippen molar-refractivity contribution < 1.29 is 43.9 Å². The van der Waals surface area contributed by atoms with Crippen molar-refractivity contribution in [2.24, 2.45) is 0 Å². The van der Waals surface area contributed by atoms with Crippen molar-refractivity contribution in [3.05, 3.63) is 101 Å². The predicted octanol–water partition coefficient (Wildman–Crippen LogP) is 9.89. The van der Waals surface area contributed by atoms with E-state index in [2.05, 4.69) is 10.6 Å². The van der Waals surface area contributed by atoms with Crippen LogP contribution in [0.25, 0.3) is 22.5 Å². The largest absolute Gasteiger partial charge is 0.416 e. The highest BCUT2D eigenvalue weighted by atomic mass is 32.1. The predicted molar refractivity (Wildman–Crippen MR) is 152 cm³/mol. The molecule has 3 aromatic carbocycles. The second kappa shape index (κ2) is 12.4. The highest BCUT2D eigenvalue weighted by Gasteiger charge is 2.37. The SMILES string of the molecule is Fc1cc(F)cc(-c2ccc(-c3cc(F)cc(F)c3)n2[C@@H]2CCCC[C@H]2NC(=S)Nc2cc(C(F)(F)F)cc(C(F)(F)F)c2)c1. The van der Waals surface area contributed by atoms with Crippen LogP contribution >= 0.6 is 12.2 Å². The number of halogens is 10. The Morgan fingerprint density at radius 1 is 0.644 bits per heavy atom. The van der Waals surface area contributed by atoms with E-state index in [4.69, 9.17) is 12.2 Å². The fourth-order valence-electron chi connectivity index (χ4n) is 5.63. The van der Waals surface area contributed by atoms with Crippen LogP contribution in [0.4, 0.5) is 49.6 Å². The summed E-state index contributed by atoms with van der Waals surface area (Å²) < 4.78 is 139. The lowest BCUT2D eigenvalue weighted by molar-refractivity contribution is -0.143. The van der Waals surface area contributed by atoms with Crippen LogP contribution in [0.5, 0.6) is 0 Å². The van der Waals surface area contributed by atoms with E-state index in [1.54, 1.807) is 4.57 Å². The van der Waals surface area contributed by atoms with Crippen molar-refractivity contribution in [2.45, 2.75) is 50.1 Å².